The molecule has 0 spiro atoms. The fourth-order valence-electron chi connectivity index (χ4n) is 0.921. The number of benzene rings is 1. The van der Waals surface area contributed by atoms with Crippen LogP contribution in [0.25, 0.3) is 0 Å². The summed E-state index contributed by atoms with van der Waals surface area (Å²) in [7, 11) is 0. The minimum Gasteiger partial charge on any atom is -0.206 e. The van der Waals surface area contributed by atoms with Gasteiger partial charge in [0.15, 0.2) is 0 Å². The summed E-state index contributed by atoms with van der Waals surface area (Å²) in [5, 5.41) is 0. The third kappa shape index (κ3) is 1.53. The number of aryl methyl sites for hydroxylation is 1. The van der Waals surface area contributed by atoms with E-state index in [9.17, 15) is 13.2 Å². The van der Waals surface area contributed by atoms with Gasteiger partial charge in [-0.2, -0.15) is 0 Å². The van der Waals surface area contributed by atoms with E-state index in [1.54, 1.807) is 0 Å². The Bertz CT molecular complexity index is 235. The zero-order chi connectivity index (χ0) is 8.43. The smallest absolute Gasteiger partial charge is 0.206 e. The molecular weight excluding hydrogens is 153 g/mol. The Balaban J connectivity index is 3.21. The molecule has 0 aliphatic carbocycles. The van der Waals surface area contributed by atoms with E-state index in [0.29, 0.717) is 5.56 Å². The first-order valence-electron chi connectivity index (χ1n) is 3.16. The topological polar surface area (TPSA) is 0 Å². The minimum absolute atomic E-state index is 0.292. The molecule has 0 aliphatic rings. The number of alkyl halides is 2. The molecule has 0 aromatic heterocycles. The third-order valence-electron chi connectivity index (χ3n) is 1.49. The van der Waals surface area contributed by atoms with Crippen LogP contribution in [0.1, 0.15) is 17.6 Å². The van der Waals surface area contributed by atoms with Gasteiger partial charge in [-0.1, -0.05) is 12.1 Å². The molecule has 0 nitrogen and oxygen atoms in total. The van der Waals surface area contributed by atoms with Crippen LogP contribution in [0, 0.1) is 12.7 Å². The summed E-state index contributed by atoms with van der Waals surface area (Å²) in [5.74, 6) is -0.833. The van der Waals surface area contributed by atoms with Crippen molar-refractivity contribution in [2.24, 2.45) is 0 Å². The van der Waals surface area contributed by atoms with Crippen molar-refractivity contribution < 1.29 is 13.2 Å². The summed E-state index contributed by atoms with van der Waals surface area (Å²) in [6.07, 6.45) is -2.73. The van der Waals surface area contributed by atoms with Crippen LogP contribution in [0.5, 0.6) is 0 Å². The Labute approximate surface area is 62.7 Å². The Morgan fingerprint density at radius 1 is 1.27 bits per heavy atom. The number of hydrogen-bond acceptors (Lipinski definition) is 0. The van der Waals surface area contributed by atoms with Gasteiger partial charge in [-0.15, -0.1) is 0 Å². The van der Waals surface area contributed by atoms with Crippen molar-refractivity contribution in [3.05, 3.63) is 35.1 Å². The molecule has 1 aromatic rings. The molecule has 0 atom stereocenters. The predicted molar refractivity (Wildman–Crippen MR) is 36.1 cm³/mol. The van der Waals surface area contributed by atoms with E-state index in [0.717, 1.165) is 6.07 Å². The summed E-state index contributed by atoms with van der Waals surface area (Å²) in [6, 6.07) is 3.91. The lowest BCUT2D eigenvalue weighted by atomic mass is 10.1. The quantitative estimate of drug-likeness (QED) is 0.592. The van der Waals surface area contributed by atoms with Crippen molar-refractivity contribution in [1.29, 1.82) is 0 Å². The highest BCUT2D eigenvalue weighted by molar-refractivity contribution is 5.28. The summed E-state index contributed by atoms with van der Waals surface area (Å²) < 4.78 is 36.7. The van der Waals surface area contributed by atoms with Gasteiger partial charge in [-0.25, -0.2) is 13.2 Å². The van der Waals surface area contributed by atoms with Gasteiger partial charge in [-0.3, -0.25) is 0 Å². The zero-order valence-electron chi connectivity index (χ0n) is 5.94. The molecular formula is C8H7F3. The summed E-state index contributed by atoms with van der Waals surface area (Å²) >= 11 is 0. The molecule has 1 aromatic carbocycles. The van der Waals surface area contributed by atoms with Crippen LogP contribution in [0.15, 0.2) is 18.2 Å². The molecule has 0 N–H and O–H groups in total. The zero-order valence-corrected chi connectivity index (χ0v) is 5.94. The van der Waals surface area contributed by atoms with Crippen LogP contribution in [-0.4, -0.2) is 0 Å². The van der Waals surface area contributed by atoms with Gasteiger partial charge >= 0.3 is 0 Å². The molecule has 11 heavy (non-hydrogen) atoms. The Morgan fingerprint density at radius 2 is 1.91 bits per heavy atom. The van der Waals surface area contributed by atoms with E-state index >= 15 is 0 Å². The lowest BCUT2D eigenvalue weighted by Gasteiger charge is -2.04. The standard InChI is InChI=1S/C8H7F3/c1-5-3-2-4-6(9)7(5)8(10)11/h2-4,8H,1H3. The van der Waals surface area contributed by atoms with Crippen LogP contribution in [-0.2, 0) is 0 Å². The van der Waals surface area contributed by atoms with E-state index in [-0.39, 0.29) is 0 Å². The first kappa shape index (κ1) is 8.11. The molecule has 0 heterocycles. The number of rotatable bonds is 1. The second-order valence-electron chi connectivity index (χ2n) is 2.27. The van der Waals surface area contributed by atoms with Crippen molar-refractivity contribution >= 4 is 0 Å². The second-order valence-corrected chi connectivity index (χ2v) is 2.27. The summed E-state index contributed by atoms with van der Waals surface area (Å²) in [4.78, 5) is 0. The number of halogens is 3. The highest BCUT2D eigenvalue weighted by atomic mass is 19.3. The monoisotopic (exact) mass is 160 g/mol. The maximum absolute atomic E-state index is 12.6. The molecule has 60 valence electrons. The Hall–Kier alpha value is -0.990. The Morgan fingerprint density at radius 3 is 2.27 bits per heavy atom. The normalized spacial score (nSPS) is 10.6. The van der Waals surface area contributed by atoms with Gasteiger partial charge in [0.2, 0.25) is 0 Å². The maximum Gasteiger partial charge on any atom is 0.266 e. The molecule has 0 fully saturated rings. The lowest BCUT2D eigenvalue weighted by Crippen LogP contribution is -1.93. The van der Waals surface area contributed by atoms with Crippen LogP contribution in [0.3, 0.4) is 0 Å². The molecule has 0 amide bonds. The summed E-state index contributed by atoms with van der Waals surface area (Å²) in [5.41, 5.74) is -0.201. The maximum atomic E-state index is 12.6. The van der Waals surface area contributed by atoms with Crippen molar-refractivity contribution in [2.45, 2.75) is 13.3 Å². The first-order valence-corrected chi connectivity index (χ1v) is 3.16. The van der Waals surface area contributed by atoms with Gasteiger partial charge in [0.1, 0.15) is 5.82 Å². The van der Waals surface area contributed by atoms with Gasteiger partial charge in [-0.05, 0) is 18.6 Å². The van der Waals surface area contributed by atoms with Gasteiger partial charge in [0, 0.05) is 0 Å². The average Bonchev–Trinajstić information content (AvgIpc) is 1.85. The largest absolute Gasteiger partial charge is 0.266 e. The van der Waals surface area contributed by atoms with Gasteiger partial charge in [0.25, 0.3) is 6.43 Å². The fraction of sp³-hybridized carbons (Fsp3) is 0.250. The van der Waals surface area contributed by atoms with Crippen LogP contribution in [0.2, 0.25) is 0 Å². The molecule has 0 saturated heterocycles. The molecule has 1 rings (SSSR count). The minimum atomic E-state index is -2.73. The van der Waals surface area contributed by atoms with Crippen LogP contribution >= 0.6 is 0 Å². The third-order valence-corrected chi connectivity index (χ3v) is 1.49. The van der Waals surface area contributed by atoms with Crippen molar-refractivity contribution in [3.63, 3.8) is 0 Å². The molecule has 0 bridgehead atoms. The molecule has 0 saturated carbocycles. The highest BCUT2D eigenvalue weighted by Crippen LogP contribution is 2.24. The van der Waals surface area contributed by atoms with E-state index < -0.39 is 17.8 Å². The lowest BCUT2D eigenvalue weighted by molar-refractivity contribution is 0.145. The molecule has 0 unspecified atom stereocenters. The number of hydrogen-bond donors (Lipinski definition) is 0. The molecule has 0 radical (unpaired) electrons. The molecule has 3 heteroatoms. The van der Waals surface area contributed by atoms with Gasteiger partial charge in [0.05, 0.1) is 5.56 Å². The van der Waals surface area contributed by atoms with E-state index in [4.69, 9.17) is 0 Å². The average molecular weight is 160 g/mol. The van der Waals surface area contributed by atoms with Crippen molar-refractivity contribution in [3.8, 4) is 0 Å². The second kappa shape index (κ2) is 2.95. The van der Waals surface area contributed by atoms with Crippen LogP contribution < -0.4 is 0 Å². The first-order chi connectivity index (χ1) is 5.13. The van der Waals surface area contributed by atoms with E-state index in [1.165, 1.54) is 19.1 Å². The fourth-order valence-corrected chi connectivity index (χ4v) is 0.921. The van der Waals surface area contributed by atoms with Crippen molar-refractivity contribution in [1.82, 2.24) is 0 Å². The summed E-state index contributed by atoms with van der Waals surface area (Å²) in [6.45, 7) is 1.46. The highest BCUT2D eigenvalue weighted by Gasteiger charge is 2.14. The predicted octanol–water partition coefficient (Wildman–Crippen LogP) is 3.07. The Kier molecular flexibility index (Phi) is 2.17. The van der Waals surface area contributed by atoms with E-state index in [2.05, 4.69) is 0 Å². The van der Waals surface area contributed by atoms with Crippen LogP contribution in [0.4, 0.5) is 13.2 Å². The molecule has 0 aliphatic heterocycles. The van der Waals surface area contributed by atoms with Crippen molar-refractivity contribution in [2.75, 3.05) is 0 Å². The van der Waals surface area contributed by atoms with E-state index in [1.807, 2.05) is 0 Å². The SMILES string of the molecule is Cc1cccc(F)c1C(F)F. The van der Waals surface area contributed by atoms with Gasteiger partial charge < -0.3 is 0 Å².